The minimum Gasteiger partial charge on any atom is -0.382 e. The molecule has 3 N–H and O–H groups in total. The molecule has 16 heavy (non-hydrogen) atoms. The van der Waals surface area contributed by atoms with Gasteiger partial charge in [-0.3, -0.25) is 4.79 Å². The van der Waals surface area contributed by atoms with E-state index in [0.717, 1.165) is 24.4 Å². The molecule has 5 nitrogen and oxygen atoms in total. The number of nitrogens with zero attached hydrogens (tertiary/aromatic N) is 2. The van der Waals surface area contributed by atoms with Crippen molar-refractivity contribution in [3.63, 3.8) is 0 Å². The van der Waals surface area contributed by atoms with Gasteiger partial charge >= 0.3 is 0 Å². The zero-order valence-corrected chi connectivity index (χ0v) is 10.7. The molecule has 0 fully saturated rings. The second-order valence-electron chi connectivity index (χ2n) is 3.60. The summed E-state index contributed by atoms with van der Waals surface area (Å²) in [5.74, 6) is 0.132. The first-order chi connectivity index (χ1) is 7.61. The van der Waals surface area contributed by atoms with Crippen LogP contribution in [0.3, 0.4) is 0 Å². The molecule has 0 saturated carbocycles. The number of unbranched alkanes of at least 4 members (excludes halogenated alkanes) is 1. The van der Waals surface area contributed by atoms with Crippen molar-refractivity contribution >= 4 is 28.3 Å². The predicted molar refractivity (Wildman–Crippen MR) is 68.1 cm³/mol. The highest BCUT2D eigenvalue weighted by Gasteiger charge is 2.20. The van der Waals surface area contributed by atoms with Gasteiger partial charge in [0.1, 0.15) is 10.6 Å². The SMILES string of the molecule is CCCCN(C)c1snc(N)c1C(=O)NC. The van der Waals surface area contributed by atoms with Gasteiger partial charge < -0.3 is 16.0 Å². The van der Waals surface area contributed by atoms with Gasteiger partial charge in [-0.05, 0) is 18.0 Å². The van der Waals surface area contributed by atoms with Gasteiger partial charge in [0, 0.05) is 20.6 Å². The summed E-state index contributed by atoms with van der Waals surface area (Å²) in [6.45, 7) is 3.04. The smallest absolute Gasteiger partial charge is 0.257 e. The van der Waals surface area contributed by atoms with E-state index >= 15 is 0 Å². The maximum atomic E-state index is 11.6. The molecule has 0 unspecified atom stereocenters. The van der Waals surface area contributed by atoms with Gasteiger partial charge in [0.05, 0.1) is 0 Å². The molecule has 1 heterocycles. The molecule has 90 valence electrons. The van der Waals surface area contributed by atoms with Crippen molar-refractivity contribution in [1.29, 1.82) is 0 Å². The van der Waals surface area contributed by atoms with E-state index in [4.69, 9.17) is 5.73 Å². The number of nitrogens with two attached hydrogens (primary N) is 1. The molecule has 0 atom stereocenters. The fraction of sp³-hybridized carbons (Fsp3) is 0.600. The lowest BCUT2D eigenvalue weighted by Crippen LogP contribution is -2.24. The number of aromatic nitrogens is 1. The van der Waals surface area contributed by atoms with Gasteiger partial charge in [0.15, 0.2) is 5.82 Å². The zero-order valence-electron chi connectivity index (χ0n) is 9.91. The summed E-state index contributed by atoms with van der Waals surface area (Å²) in [4.78, 5) is 13.7. The molecule has 0 aliphatic rings. The second kappa shape index (κ2) is 5.69. The summed E-state index contributed by atoms with van der Waals surface area (Å²) in [7, 11) is 3.55. The van der Waals surface area contributed by atoms with E-state index in [0.29, 0.717) is 11.4 Å². The molecule has 1 rings (SSSR count). The maximum Gasteiger partial charge on any atom is 0.257 e. The molecule has 0 saturated heterocycles. The van der Waals surface area contributed by atoms with Crippen LogP contribution in [0.5, 0.6) is 0 Å². The fourth-order valence-corrected chi connectivity index (χ4v) is 2.18. The standard InChI is InChI=1S/C10H18N4OS/c1-4-5-6-14(3)10-7(9(15)12-2)8(11)13-16-10/h4-6H2,1-3H3,(H2,11,13)(H,12,15). The van der Waals surface area contributed by atoms with Gasteiger partial charge in [0.2, 0.25) is 0 Å². The van der Waals surface area contributed by atoms with Crippen LogP contribution in [0.2, 0.25) is 0 Å². The molecule has 1 amide bonds. The third-order valence-corrected chi connectivity index (χ3v) is 3.33. The average molecular weight is 242 g/mol. The molecule has 1 aromatic heterocycles. The van der Waals surface area contributed by atoms with Crippen LogP contribution in [0.25, 0.3) is 0 Å². The van der Waals surface area contributed by atoms with E-state index in [2.05, 4.69) is 16.6 Å². The normalized spacial score (nSPS) is 10.2. The lowest BCUT2D eigenvalue weighted by molar-refractivity contribution is 0.0964. The summed E-state index contributed by atoms with van der Waals surface area (Å²) in [5, 5.41) is 3.42. The molecule has 0 radical (unpaired) electrons. The van der Waals surface area contributed by atoms with Crippen molar-refractivity contribution in [2.75, 3.05) is 31.3 Å². The average Bonchev–Trinajstić information content (AvgIpc) is 2.67. The fourth-order valence-electron chi connectivity index (χ4n) is 1.39. The van der Waals surface area contributed by atoms with Gasteiger partial charge in [-0.25, -0.2) is 0 Å². The number of rotatable bonds is 5. The molecular formula is C10H18N4OS. The van der Waals surface area contributed by atoms with Crippen molar-refractivity contribution < 1.29 is 4.79 Å². The maximum absolute atomic E-state index is 11.6. The van der Waals surface area contributed by atoms with Crippen molar-refractivity contribution in [2.45, 2.75) is 19.8 Å². The Morgan fingerprint density at radius 3 is 2.88 bits per heavy atom. The molecule has 1 aromatic rings. The predicted octanol–water partition coefficient (Wildman–Crippen LogP) is 1.32. The van der Waals surface area contributed by atoms with E-state index in [-0.39, 0.29) is 5.91 Å². The van der Waals surface area contributed by atoms with E-state index in [1.54, 1.807) is 7.05 Å². The molecule has 0 bridgehead atoms. The first kappa shape index (κ1) is 12.8. The largest absolute Gasteiger partial charge is 0.382 e. The molecular weight excluding hydrogens is 224 g/mol. The van der Waals surface area contributed by atoms with Gasteiger partial charge in [-0.15, -0.1) is 0 Å². The molecule has 0 aromatic carbocycles. The molecule has 6 heteroatoms. The second-order valence-corrected chi connectivity index (χ2v) is 4.35. The van der Waals surface area contributed by atoms with Gasteiger partial charge in [0.25, 0.3) is 5.91 Å². The van der Waals surface area contributed by atoms with Crippen LogP contribution < -0.4 is 16.0 Å². The Morgan fingerprint density at radius 1 is 1.62 bits per heavy atom. The van der Waals surface area contributed by atoms with E-state index in [1.807, 2.05) is 11.9 Å². The summed E-state index contributed by atoms with van der Waals surface area (Å²) >= 11 is 1.27. The minimum absolute atomic E-state index is 0.176. The number of amides is 1. The molecule has 0 aliphatic heterocycles. The minimum atomic E-state index is -0.176. The zero-order chi connectivity index (χ0) is 12.1. The number of hydrogen-bond acceptors (Lipinski definition) is 5. The number of anilines is 2. The quantitative estimate of drug-likeness (QED) is 0.817. The number of nitrogens with one attached hydrogen (secondary N) is 1. The van der Waals surface area contributed by atoms with Crippen molar-refractivity contribution in [2.24, 2.45) is 0 Å². The van der Waals surface area contributed by atoms with Gasteiger partial charge in [-0.1, -0.05) is 13.3 Å². The van der Waals surface area contributed by atoms with Crippen molar-refractivity contribution in [3.05, 3.63) is 5.56 Å². The van der Waals surface area contributed by atoms with E-state index in [9.17, 15) is 4.79 Å². The Balaban J connectivity index is 2.91. The first-order valence-electron chi connectivity index (χ1n) is 5.30. The van der Waals surface area contributed by atoms with Crippen LogP contribution in [0.15, 0.2) is 0 Å². The third-order valence-electron chi connectivity index (χ3n) is 2.35. The Labute approximate surface area is 99.8 Å². The highest BCUT2D eigenvalue weighted by Crippen LogP contribution is 2.29. The summed E-state index contributed by atoms with van der Waals surface area (Å²) in [6.07, 6.45) is 2.20. The molecule has 0 spiro atoms. The highest BCUT2D eigenvalue weighted by atomic mass is 32.1. The van der Waals surface area contributed by atoms with Crippen LogP contribution in [-0.2, 0) is 0 Å². The Kier molecular flexibility index (Phi) is 4.54. The van der Waals surface area contributed by atoms with E-state index < -0.39 is 0 Å². The number of carbonyl (C=O) groups is 1. The van der Waals surface area contributed by atoms with Crippen LogP contribution in [0, 0.1) is 0 Å². The summed E-state index contributed by atoms with van der Waals surface area (Å²) in [5.41, 5.74) is 6.19. The van der Waals surface area contributed by atoms with Crippen molar-refractivity contribution in [3.8, 4) is 0 Å². The topological polar surface area (TPSA) is 71.2 Å². The third kappa shape index (κ3) is 2.63. The van der Waals surface area contributed by atoms with Crippen LogP contribution in [0.4, 0.5) is 10.8 Å². The Hall–Kier alpha value is -1.30. The highest BCUT2D eigenvalue weighted by molar-refractivity contribution is 7.11. The number of hydrogen-bond donors (Lipinski definition) is 2. The lowest BCUT2D eigenvalue weighted by atomic mass is 10.2. The summed E-state index contributed by atoms with van der Waals surface area (Å²) < 4.78 is 4.03. The molecule has 0 aliphatic carbocycles. The van der Waals surface area contributed by atoms with Crippen molar-refractivity contribution in [1.82, 2.24) is 9.69 Å². The van der Waals surface area contributed by atoms with Gasteiger partial charge in [-0.2, -0.15) is 4.37 Å². The lowest BCUT2D eigenvalue weighted by Gasteiger charge is -2.17. The number of carbonyl (C=O) groups excluding carboxylic acids is 1. The van der Waals surface area contributed by atoms with Crippen LogP contribution >= 0.6 is 11.5 Å². The monoisotopic (exact) mass is 242 g/mol. The first-order valence-corrected chi connectivity index (χ1v) is 6.07. The van der Waals surface area contributed by atoms with E-state index in [1.165, 1.54) is 11.5 Å². The Bertz CT molecular complexity index is 364. The Morgan fingerprint density at radius 2 is 2.31 bits per heavy atom. The van der Waals surface area contributed by atoms with Crippen LogP contribution in [0.1, 0.15) is 30.1 Å². The number of nitrogen functional groups attached to an aromatic ring is 1. The summed E-state index contributed by atoms with van der Waals surface area (Å²) in [6, 6.07) is 0. The van der Waals surface area contributed by atoms with Crippen LogP contribution in [-0.4, -0.2) is 30.9 Å².